The van der Waals surface area contributed by atoms with Gasteiger partial charge in [-0.15, -0.1) is 0 Å². The lowest BCUT2D eigenvalue weighted by Gasteiger charge is -2.34. The summed E-state index contributed by atoms with van der Waals surface area (Å²) in [7, 11) is 0. The molecule has 1 amide bonds. The molecule has 1 aromatic heterocycles. The molecule has 0 aliphatic carbocycles. The van der Waals surface area contributed by atoms with Crippen molar-refractivity contribution >= 4 is 11.9 Å². The van der Waals surface area contributed by atoms with Gasteiger partial charge < -0.3 is 20.0 Å². The highest BCUT2D eigenvalue weighted by atomic mass is 16.3. The first kappa shape index (κ1) is 12.5. The monoisotopic (exact) mass is 250 g/mol. The maximum Gasteiger partial charge on any atom is 0.289 e. The van der Waals surface area contributed by atoms with E-state index in [9.17, 15) is 4.79 Å². The van der Waals surface area contributed by atoms with E-state index >= 15 is 0 Å². The fourth-order valence-corrected chi connectivity index (χ4v) is 1.96. The van der Waals surface area contributed by atoms with Crippen LogP contribution in [-0.2, 0) is 0 Å². The van der Waals surface area contributed by atoms with E-state index in [4.69, 9.17) is 10.2 Å². The molecule has 0 aromatic carbocycles. The fourth-order valence-electron chi connectivity index (χ4n) is 1.96. The molecular weight excluding hydrogens is 232 g/mol. The van der Waals surface area contributed by atoms with Crippen molar-refractivity contribution in [1.82, 2.24) is 9.80 Å². The van der Waals surface area contributed by atoms with Crippen LogP contribution in [0.5, 0.6) is 0 Å². The van der Waals surface area contributed by atoms with Crippen molar-refractivity contribution in [3.63, 3.8) is 0 Å². The second-order valence-corrected chi connectivity index (χ2v) is 4.09. The number of rotatable bonds is 2. The number of aliphatic imine (C=N–C) groups is 1. The molecule has 0 unspecified atom stereocenters. The van der Waals surface area contributed by atoms with Crippen molar-refractivity contribution in [3.8, 4) is 0 Å². The molecule has 0 atom stereocenters. The van der Waals surface area contributed by atoms with E-state index in [0.29, 0.717) is 44.4 Å². The lowest BCUT2D eigenvalue weighted by atomic mass is 10.3. The number of amides is 1. The number of nitrogens with two attached hydrogens (primary N) is 1. The van der Waals surface area contributed by atoms with Crippen LogP contribution in [0.25, 0.3) is 0 Å². The van der Waals surface area contributed by atoms with Gasteiger partial charge in [-0.05, 0) is 19.1 Å². The molecule has 98 valence electrons. The standard InChI is InChI=1S/C12H18N4O2/c1-2-14-12(13)16-7-5-15(6-8-16)11(17)10-4-3-9-18-10/h3-4,9H,2,5-8H2,1H3,(H2,13,14). The first-order valence-electron chi connectivity index (χ1n) is 6.10. The minimum atomic E-state index is -0.0642. The number of guanidine groups is 1. The molecule has 0 spiro atoms. The van der Waals surface area contributed by atoms with Crippen LogP contribution in [0.3, 0.4) is 0 Å². The van der Waals surface area contributed by atoms with Gasteiger partial charge >= 0.3 is 0 Å². The molecule has 1 aliphatic heterocycles. The van der Waals surface area contributed by atoms with Crippen LogP contribution in [0.15, 0.2) is 27.8 Å². The molecule has 1 aliphatic rings. The molecule has 6 nitrogen and oxygen atoms in total. The second-order valence-electron chi connectivity index (χ2n) is 4.09. The predicted molar refractivity (Wildman–Crippen MR) is 68.3 cm³/mol. The zero-order valence-electron chi connectivity index (χ0n) is 10.5. The van der Waals surface area contributed by atoms with Crippen molar-refractivity contribution < 1.29 is 9.21 Å². The van der Waals surface area contributed by atoms with E-state index in [1.54, 1.807) is 17.0 Å². The van der Waals surface area contributed by atoms with E-state index in [2.05, 4.69) is 4.99 Å². The van der Waals surface area contributed by atoms with Gasteiger partial charge in [0.25, 0.3) is 5.91 Å². The average molecular weight is 250 g/mol. The van der Waals surface area contributed by atoms with Gasteiger partial charge in [-0.3, -0.25) is 9.79 Å². The Hall–Kier alpha value is -1.98. The third-order valence-electron chi connectivity index (χ3n) is 2.94. The fraction of sp³-hybridized carbons (Fsp3) is 0.500. The van der Waals surface area contributed by atoms with Gasteiger partial charge in [0.15, 0.2) is 11.7 Å². The summed E-state index contributed by atoms with van der Waals surface area (Å²) in [5, 5.41) is 0. The Morgan fingerprint density at radius 1 is 1.39 bits per heavy atom. The minimum Gasteiger partial charge on any atom is -0.459 e. The summed E-state index contributed by atoms with van der Waals surface area (Å²) in [6.07, 6.45) is 1.51. The number of hydrogen-bond acceptors (Lipinski definition) is 3. The average Bonchev–Trinajstić information content (AvgIpc) is 2.92. The second kappa shape index (κ2) is 5.57. The molecule has 1 saturated heterocycles. The third-order valence-corrected chi connectivity index (χ3v) is 2.94. The van der Waals surface area contributed by atoms with Gasteiger partial charge in [0.2, 0.25) is 0 Å². The highest BCUT2D eigenvalue weighted by Gasteiger charge is 2.24. The summed E-state index contributed by atoms with van der Waals surface area (Å²) >= 11 is 0. The first-order valence-corrected chi connectivity index (χ1v) is 6.10. The van der Waals surface area contributed by atoms with E-state index < -0.39 is 0 Å². The molecule has 1 fully saturated rings. The Labute approximate surface area is 106 Å². The van der Waals surface area contributed by atoms with Crippen molar-refractivity contribution in [2.75, 3.05) is 32.7 Å². The summed E-state index contributed by atoms with van der Waals surface area (Å²) < 4.78 is 5.11. The zero-order valence-corrected chi connectivity index (χ0v) is 10.5. The lowest BCUT2D eigenvalue weighted by Crippen LogP contribution is -2.52. The number of carbonyl (C=O) groups is 1. The zero-order chi connectivity index (χ0) is 13.0. The van der Waals surface area contributed by atoms with E-state index in [1.807, 2.05) is 11.8 Å². The van der Waals surface area contributed by atoms with Crippen molar-refractivity contribution in [2.45, 2.75) is 6.92 Å². The Balaban J connectivity index is 1.91. The maximum absolute atomic E-state index is 12.0. The SMILES string of the molecule is CCN=C(N)N1CCN(C(=O)c2ccco2)CC1. The quantitative estimate of drug-likeness (QED) is 0.608. The molecule has 0 saturated carbocycles. The van der Waals surface area contributed by atoms with Crippen LogP contribution >= 0.6 is 0 Å². The predicted octanol–water partition coefficient (Wildman–Crippen LogP) is 0.372. The summed E-state index contributed by atoms with van der Waals surface area (Å²) in [6, 6.07) is 3.40. The van der Waals surface area contributed by atoms with Crippen molar-refractivity contribution in [1.29, 1.82) is 0 Å². The number of nitrogens with zero attached hydrogens (tertiary/aromatic N) is 3. The largest absolute Gasteiger partial charge is 0.459 e. The van der Waals surface area contributed by atoms with Crippen LogP contribution in [0.2, 0.25) is 0 Å². The molecule has 2 N–H and O–H groups in total. The van der Waals surface area contributed by atoms with Gasteiger partial charge in [-0.2, -0.15) is 0 Å². The molecule has 0 bridgehead atoms. The molecule has 2 heterocycles. The lowest BCUT2D eigenvalue weighted by molar-refractivity contribution is 0.0659. The van der Waals surface area contributed by atoms with Crippen LogP contribution in [0.4, 0.5) is 0 Å². The Morgan fingerprint density at radius 2 is 2.06 bits per heavy atom. The smallest absolute Gasteiger partial charge is 0.289 e. The normalized spacial score (nSPS) is 17.1. The minimum absolute atomic E-state index is 0.0642. The highest BCUT2D eigenvalue weighted by Crippen LogP contribution is 2.09. The Bertz CT molecular complexity index is 419. The van der Waals surface area contributed by atoms with Gasteiger partial charge in [-0.1, -0.05) is 0 Å². The number of furan rings is 1. The van der Waals surface area contributed by atoms with Gasteiger partial charge in [0, 0.05) is 32.7 Å². The molecular formula is C12H18N4O2. The molecule has 18 heavy (non-hydrogen) atoms. The van der Waals surface area contributed by atoms with Crippen molar-refractivity contribution in [3.05, 3.63) is 24.2 Å². The first-order chi connectivity index (χ1) is 8.72. The van der Waals surface area contributed by atoms with Crippen LogP contribution in [-0.4, -0.2) is 54.4 Å². The Kier molecular flexibility index (Phi) is 3.86. The molecule has 0 radical (unpaired) electrons. The molecule has 2 rings (SSSR count). The summed E-state index contributed by atoms with van der Waals surface area (Å²) in [5.41, 5.74) is 5.83. The molecule has 6 heteroatoms. The highest BCUT2D eigenvalue weighted by molar-refractivity contribution is 5.91. The van der Waals surface area contributed by atoms with Gasteiger partial charge in [0.05, 0.1) is 6.26 Å². The van der Waals surface area contributed by atoms with Gasteiger partial charge in [0.1, 0.15) is 0 Å². The van der Waals surface area contributed by atoms with Crippen molar-refractivity contribution in [2.24, 2.45) is 10.7 Å². The number of carbonyl (C=O) groups excluding carboxylic acids is 1. The van der Waals surface area contributed by atoms with Crippen LogP contribution in [0, 0.1) is 0 Å². The van der Waals surface area contributed by atoms with E-state index in [0.717, 1.165) is 0 Å². The van der Waals surface area contributed by atoms with Gasteiger partial charge in [-0.25, -0.2) is 0 Å². The van der Waals surface area contributed by atoms with E-state index in [-0.39, 0.29) is 5.91 Å². The Morgan fingerprint density at radius 3 is 2.61 bits per heavy atom. The van der Waals surface area contributed by atoms with Crippen LogP contribution in [0.1, 0.15) is 17.5 Å². The summed E-state index contributed by atoms with van der Waals surface area (Å²) in [4.78, 5) is 19.9. The van der Waals surface area contributed by atoms with E-state index in [1.165, 1.54) is 6.26 Å². The maximum atomic E-state index is 12.0. The summed E-state index contributed by atoms with van der Waals surface area (Å²) in [6.45, 7) is 5.32. The summed E-state index contributed by atoms with van der Waals surface area (Å²) in [5.74, 6) is 0.881. The third kappa shape index (κ3) is 2.64. The molecule has 1 aromatic rings. The number of piperazine rings is 1. The number of hydrogen-bond donors (Lipinski definition) is 1. The van der Waals surface area contributed by atoms with Crippen LogP contribution < -0.4 is 5.73 Å². The topological polar surface area (TPSA) is 75.1 Å².